The summed E-state index contributed by atoms with van der Waals surface area (Å²) < 4.78 is 7.60. The van der Waals surface area contributed by atoms with E-state index in [1.165, 1.54) is 75.5 Å². The average molecular weight is 506 g/mol. The number of ether oxygens (including phenoxy) is 1. The number of carbonyl (C=O) groups excluding carboxylic acids is 1. The number of benzene rings is 2. The molecule has 0 saturated heterocycles. The number of rotatable bonds is 19. The van der Waals surface area contributed by atoms with Crippen molar-refractivity contribution in [3.8, 4) is 5.75 Å². The van der Waals surface area contributed by atoms with Crippen LogP contribution < -0.4 is 10.1 Å². The highest BCUT2D eigenvalue weighted by Gasteiger charge is 2.10. The van der Waals surface area contributed by atoms with Gasteiger partial charge in [0.05, 0.1) is 18.1 Å². The van der Waals surface area contributed by atoms with Gasteiger partial charge in [-0.05, 0) is 55.7 Å². The third-order valence-electron chi connectivity index (χ3n) is 7.18. The lowest BCUT2D eigenvalue weighted by Gasteiger charge is -2.10. The summed E-state index contributed by atoms with van der Waals surface area (Å²) in [6.07, 6.45) is 17.7. The van der Waals surface area contributed by atoms with Crippen LogP contribution in [0.3, 0.4) is 0 Å². The highest BCUT2D eigenvalue weighted by molar-refractivity contribution is 5.94. The molecular formula is C32H47N3O2. The fraction of sp³-hybridized carbons (Fsp3) is 0.562. The van der Waals surface area contributed by atoms with Gasteiger partial charge in [-0.1, -0.05) is 83.3 Å². The van der Waals surface area contributed by atoms with E-state index in [0.29, 0.717) is 12.1 Å². The Balaban J connectivity index is 1.35. The summed E-state index contributed by atoms with van der Waals surface area (Å²) in [6, 6.07) is 15.8. The number of imidazole rings is 1. The number of methoxy groups -OCH3 is 1. The van der Waals surface area contributed by atoms with E-state index >= 15 is 0 Å². The Morgan fingerprint density at radius 1 is 0.811 bits per heavy atom. The van der Waals surface area contributed by atoms with Gasteiger partial charge in [-0.2, -0.15) is 0 Å². The lowest BCUT2D eigenvalue weighted by molar-refractivity contribution is 0.0953. The zero-order chi connectivity index (χ0) is 26.1. The Bertz CT molecular complexity index is 1040. The number of aryl methyl sites for hydroxylation is 2. The zero-order valence-electron chi connectivity index (χ0n) is 23.1. The van der Waals surface area contributed by atoms with E-state index in [0.717, 1.165) is 43.5 Å². The summed E-state index contributed by atoms with van der Waals surface area (Å²) >= 11 is 0. The molecule has 5 nitrogen and oxygen atoms in total. The van der Waals surface area contributed by atoms with Gasteiger partial charge in [0.15, 0.2) is 0 Å². The number of para-hydroxylation sites is 2. The van der Waals surface area contributed by atoms with Crippen molar-refractivity contribution in [2.75, 3.05) is 13.7 Å². The minimum Gasteiger partial charge on any atom is -0.497 e. The number of amides is 1. The summed E-state index contributed by atoms with van der Waals surface area (Å²) in [5.41, 5.74) is 3.04. The lowest BCUT2D eigenvalue weighted by Crippen LogP contribution is -2.24. The molecule has 1 aromatic heterocycles. The fourth-order valence-corrected chi connectivity index (χ4v) is 4.95. The molecule has 0 aliphatic rings. The maximum Gasteiger partial charge on any atom is 0.251 e. The minimum atomic E-state index is -0.0269. The SMILES string of the molecule is CCCCCCCCCCCCn1c(CCCCCNC(=O)c2ccc(OC)cc2)nc2ccccc21. The van der Waals surface area contributed by atoms with Crippen molar-refractivity contribution < 1.29 is 9.53 Å². The van der Waals surface area contributed by atoms with Crippen molar-refractivity contribution in [2.24, 2.45) is 0 Å². The second-order valence-corrected chi connectivity index (χ2v) is 10.1. The molecule has 202 valence electrons. The number of carbonyl (C=O) groups is 1. The second-order valence-electron chi connectivity index (χ2n) is 10.1. The Hall–Kier alpha value is -2.82. The maximum atomic E-state index is 12.3. The van der Waals surface area contributed by atoms with Crippen molar-refractivity contribution in [1.29, 1.82) is 0 Å². The van der Waals surface area contributed by atoms with E-state index in [1.807, 2.05) is 12.1 Å². The van der Waals surface area contributed by atoms with Crippen LogP contribution in [0.4, 0.5) is 0 Å². The second kappa shape index (κ2) is 16.8. The van der Waals surface area contributed by atoms with Crippen LogP contribution in [0, 0.1) is 0 Å². The first kappa shape index (κ1) is 28.7. The van der Waals surface area contributed by atoms with Crippen LogP contribution in [0.5, 0.6) is 5.75 Å². The molecule has 3 aromatic rings. The van der Waals surface area contributed by atoms with Gasteiger partial charge in [-0.15, -0.1) is 0 Å². The third kappa shape index (κ3) is 9.87. The van der Waals surface area contributed by atoms with Crippen molar-refractivity contribution in [3.05, 3.63) is 59.9 Å². The molecule has 1 amide bonds. The first-order chi connectivity index (χ1) is 18.2. The van der Waals surface area contributed by atoms with Gasteiger partial charge >= 0.3 is 0 Å². The summed E-state index contributed by atoms with van der Waals surface area (Å²) in [6.45, 7) is 4.03. The van der Waals surface area contributed by atoms with Crippen molar-refractivity contribution in [2.45, 2.75) is 103 Å². The van der Waals surface area contributed by atoms with Gasteiger partial charge in [-0.25, -0.2) is 4.98 Å². The minimum absolute atomic E-state index is 0.0269. The van der Waals surface area contributed by atoms with Crippen molar-refractivity contribution in [1.82, 2.24) is 14.9 Å². The summed E-state index contributed by atoms with van der Waals surface area (Å²) in [4.78, 5) is 17.3. The Kier molecular flexibility index (Phi) is 13.1. The molecule has 3 rings (SSSR count). The van der Waals surface area contributed by atoms with E-state index in [2.05, 4.69) is 41.1 Å². The smallest absolute Gasteiger partial charge is 0.251 e. The van der Waals surface area contributed by atoms with Crippen molar-refractivity contribution in [3.63, 3.8) is 0 Å². The standard InChI is InChI=1S/C32H47N3O2/c1-3-4-5-6-7-8-9-10-11-17-26-35-30-19-15-14-18-29(30)34-31(35)20-13-12-16-25-33-32(36)27-21-23-28(37-2)24-22-27/h14-15,18-19,21-24H,3-13,16-17,20,25-26H2,1-2H3,(H,33,36). The first-order valence-electron chi connectivity index (χ1n) is 14.6. The molecule has 0 aliphatic carbocycles. The summed E-state index contributed by atoms with van der Waals surface area (Å²) in [5, 5.41) is 3.03. The number of aromatic nitrogens is 2. The van der Waals surface area contributed by atoms with Gasteiger partial charge in [-0.3, -0.25) is 4.79 Å². The maximum absolute atomic E-state index is 12.3. The van der Waals surface area contributed by atoms with Gasteiger partial charge in [0.1, 0.15) is 11.6 Å². The number of nitrogens with zero attached hydrogens (tertiary/aromatic N) is 2. The Morgan fingerprint density at radius 3 is 2.16 bits per heavy atom. The summed E-state index contributed by atoms with van der Waals surface area (Å²) in [7, 11) is 1.63. The van der Waals surface area contributed by atoms with Gasteiger partial charge < -0.3 is 14.6 Å². The van der Waals surface area contributed by atoms with Crippen LogP contribution in [-0.2, 0) is 13.0 Å². The van der Waals surface area contributed by atoms with Gasteiger partial charge in [0, 0.05) is 25.1 Å². The number of hydrogen-bond acceptors (Lipinski definition) is 3. The molecule has 0 saturated carbocycles. The monoisotopic (exact) mass is 505 g/mol. The van der Waals surface area contributed by atoms with Crippen LogP contribution in [0.25, 0.3) is 11.0 Å². The molecule has 0 fully saturated rings. The van der Waals surface area contributed by atoms with E-state index in [-0.39, 0.29) is 5.91 Å². The van der Waals surface area contributed by atoms with Crippen LogP contribution in [0.1, 0.15) is 107 Å². The number of fused-ring (bicyclic) bond motifs is 1. The molecule has 1 heterocycles. The van der Waals surface area contributed by atoms with Crippen molar-refractivity contribution >= 4 is 16.9 Å². The first-order valence-corrected chi connectivity index (χ1v) is 14.6. The Morgan fingerprint density at radius 2 is 1.46 bits per heavy atom. The predicted molar refractivity (Wildman–Crippen MR) is 154 cm³/mol. The third-order valence-corrected chi connectivity index (χ3v) is 7.18. The highest BCUT2D eigenvalue weighted by atomic mass is 16.5. The quantitative estimate of drug-likeness (QED) is 0.167. The summed E-state index contributed by atoms with van der Waals surface area (Å²) in [5.74, 6) is 1.94. The van der Waals surface area contributed by atoms with E-state index < -0.39 is 0 Å². The van der Waals surface area contributed by atoms with Crippen LogP contribution >= 0.6 is 0 Å². The van der Waals surface area contributed by atoms with E-state index in [4.69, 9.17) is 9.72 Å². The molecule has 5 heteroatoms. The zero-order valence-corrected chi connectivity index (χ0v) is 23.1. The van der Waals surface area contributed by atoms with Crippen LogP contribution in [-0.4, -0.2) is 29.1 Å². The van der Waals surface area contributed by atoms with Gasteiger partial charge in [0.2, 0.25) is 0 Å². The van der Waals surface area contributed by atoms with Crippen LogP contribution in [0.15, 0.2) is 48.5 Å². The van der Waals surface area contributed by atoms with Gasteiger partial charge in [0.25, 0.3) is 5.91 Å². The largest absolute Gasteiger partial charge is 0.497 e. The molecule has 0 unspecified atom stereocenters. The molecule has 0 atom stereocenters. The molecule has 0 aliphatic heterocycles. The molecule has 0 radical (unpaired) electrons. The number of hydrogen-bond donors (Lipinski definition) is 1. The Labute approximate surface area is 224 Å². The average Bonchev–Trinajstić information content (AvgIpc) is 3.28. The molecule has 1 N–H and O–H groups in total. The molecule has 2 aromatic carbocycles. The number of nitrogens with one attached hydrogen (secondary N) is 1. The predicted octanol–water partition coefficient (Wildman–Crippen LogP) is 8.11. The normalized spacial score (nSPS) is 11.2. The van der Waals surface area contributed by atoms with E-state index in [1.54, 1.807) is 19.2 Å². The molecule has 37 heavy (non-hydrogen) atoms. The molecule has 0 bridgehead atoms. The topological polar surface area (TPSA) is 56.2 Å². The fourth-order valence-electron chi connectivity index (χ4n) is 4.95. The van der Waals surface area contributed by atoms with Crippen LogP contribution in [0.2, 0.25) is 0 Å². The lowest BCUT2D eigenvalue weighted by atomic mass is 10.1. The number of unbranched alkanes of at least 4 members (excludes halogenated alkanes) is 11. The van der Waals surface area contributed by atoms with E-state index in [9.17, 15) is 4.79 Å². The molecule has 0 spiro atoms. The molecular weight excluding hydrogens is 458 g/mol. The highest BCUT2D eigenvalue weighted by Crippen LogP contribution is 2.20.